The van der Waals surface area contributed by atoms with Crippen molar-refractivity contribution in [3.05, 3.63) is 41.7 Å². The number of hydrogen-bond donors (Lipinski definition) is 1. The molecule has 2 aromatic heterocycles. The summed E-state index contributed by atoms with van der Waals surface area (Å²) in [5, 5.41) is 9.11. The summed E-state index contributed by atoms with van der Waals surface area (Å²) in [6.07, 6.45) is 1.55. The van der Waals surface area contributed by atoms with Gasteiger partial charge in [0.1, 0.15) is 6.54 Å². The Morgan fingerprint density at radius 2 is 2.10 bits per heavy atom. The van der Waals surface area contributed by atoms with E-state index < -0.39 is 5.97 Å². The van der Waals surface area contributed by atoms with Crippen LogP contribution in [0, 0.1) is 13.8 Å². The van der Waals surface area contributed by atoms with E-state index in [1.165, 1.54) is 0 Å². The number of carbonyl (C=O) groups is 1. The highest BCUT2D eigenvalue weighted by Crippen LogP contribution is 2.27. The van der Waals surface area contributed by atoms with Gasteiger partial charge in [0.05, 0.1) is 17.3 Å². The number of aliphatic carboxylic acids is 1. The van der Waals surface area contributed by atoms with Gasteiger partial charge in [-0.1, -0.05) is 0 Å². The first kappa shape index (κ1) is 12.5. The first-order chi connectivity index (χ1) is 9.56. The zero-order valence-corrected chi connectivity index (χ0v) is 11.3. The van der Waals surface area contributed by atoms with E-state index in [2.05, 4.69) is 4.98 Å². The zero-order valence-electron chi connectivity index (χ0n) is 11.3. The van der Waals surface area contributed by atoms with Crippen molar-refractivity contribution < 1.29 is 14.3 Å². The molecule has 0 saturated carbocycles. The average Bonchev–Trinajstić information content (AvgIpc) is 2.99. The molecule has 0 atom stereocenters. The van der Waals surface area contributed by atoms with Crippen molar-refractivity contribution in [3.63, 3.8) is 0 Å². The van der Waals surface area contributed by atoms with Crippen molar-refractivity contribution in [1.82, 2.24) is 9.55 Å². The fourth-order valence-corrected chi connectivity index (χ4v) is 2.27. The molecular formula is C15H14N2O3. The van der Waals surface area contributed by atoms with Crippen LogP contribution in [0.1, 0.15) is 11.1 Å². The van der Waals surface area contributed by atoms with Crippen molar-refractivity contribution >= 4 is 17.0 Å². The molecule has 0 unspecified atom stereocenters. The molecule has 20 heavy (non-hydrogen) atoms. The van der Waals surface area contributed by atoms with Gasteiger partial charge in [-0.3, -0.25) is 4.79 Å². The summed E-state index contributed by atoms with van der Waals surface area (Å²) in [6.45, 7) is 3.87. The van der Waals surface area contributed by atoms with Crippen LogP contribution in [-0.2, 0) is 11.3 Å². The summed E-state index contributed by atoms with van der Waals surface area (Å²) >= 11 is 0. The fourth-order valence-electron chi connectivity index (χ4n) is 2.27. The summed E-state index contributed by atoms with van der Waals surface area (Å²) in [5.41, 5.74) is 3.82. The van der Waals surface area contributed by atoms with Gasteiger partial charge in [-0.25, -0.2) is 4.98 Å². The fraction of sp³-hybridized carbons (Fsp3) is 0.200. The number of aromatic nitrogens is 2. The van der Waals surface area contributed by atoms with Gasteiger partial charge in [0.2, 0.25) is 0 Å². The number of imidazole rings is 1. The molecule has 0 bridgehead atoms. The van der Waals surface area contributed by atoms with Gasteiger partial charge >= 0.3 is 5.97 Å². The number of hydrogen-bond acceptors (Lipinski definition) is 3. The molecule has 0 aliphatic heterocycles. The van der Waals surface area contributed by atoms with Crippen LogP contribution >= 0.6 is 0 Å². The third-order valence-electron chi connectivity index (χ3n) is 3.40. The first-order valence-corrected chi connectivity index (χ1v) is 6.29. The van der Waals surface area contributed by atoms with E-state index in [4.69, 9.17) is 9.52 Å². The molecule has 0 fully saturated rings. The Morgan fingerprint density at radius 1 is 1.35 bits per heavy atom. The van der Waals surface area contributed by atoms with E-state index in [9.17, 15) is 4.79 Å². The van der Waals surface area contributed by atoms with Gasteiger partial charge in [-0.05, 0) is 49.2 Å². The number of benzene rings is 1. The lowest BCUT2D eigenvalue weighted by Gasteiger charge is -2.05. The number of aryl methyl sites for hydroxylation is 2. The lowest BCUT2D eigenvalue weighted by Crippen LogP contribution is -2.09. The second-order valence-corrected chi connectivity index (χ2v) is 4.82. The number of rotatable bonds is 3. The largest absolute Gasteiger partial charge is 0.480 e. The molecule has 0 saturated heterocycles. The monoisotopic (exact) mass is 270 g/mol. The highest BCUT2D eigenvalue weighted by molar-refractivity contribution is 5.83. The van der Waals surface area contributed by atoms with Crippen molar-refractivity contribution in [1.29, 1.82) is 0 Å². The molecule has 3 aromatic rings. The van der Waals surface area contributed by atoms with E-state index in [0.29, 0.717) is 11.6 Å². The van der Waals surface area contributed by atoms with Crippen LogP contribution in [0.5, 0.6) is 0 Å². The molecule has 102 valence electrons. The van der Waals surface area contributed by atoms with E-state index in [0.717, 1.165) is 22.2 Å². The number of furan rings is 1. The Hall–Kier alpha value is -2.56. The van der Waals surface area contributed by atoms with Gasteiger partial charge in [0, 0.05) is 0 Å². The van der Waals surface area contributed by atoms with E-state index in [1.54, 1.807) is 23.0 Å². The lowest BCUT2D eigenvalue weighted by atomic mass is 10.1. The number of carboxylic acid groups (broad SMARTS) is 1. The maximum atomic E-state index is 11.1. The molecule has 5 heteroatoms. The van der Waals surface area contributed by atoms with Gasteiger partial charge in [-0.15, -0.1) is 0 Å². The molecule has 0 radical (unpaired) electrons. The smallest absolute Gasteiger partial charge is 0.323 e. The minimum atomic E-state index is -0.907. The minimum Gasteiger partial charge on any atom is -0.480 e. The van der Waals surface area contributed by atoms with Gasteiger partial charge in [-0.2, -0.15) is 0 Å². The Balaban J connectivity index is 2.30. The quantitative estimate of drug-likeness (QED) is 0.794. The van der Waals surface area contributed by atoms with E-state index >= 15 is 0 Å². The number of fused-ring (bicyclic) bond motifs is 1. The van der Waals surface area contributed by atoms with Gasteiger partial charge < -0.3 is 14.1 Å². The third-order valence-corrected chi connectivity index (χ3v) is 3.40. The molecule has 1 N–H and O–H groups in total. The summed E-state index contributed by atoms with van der Waals surface area (Å²) < 4.78 is 7.03. The summed E-state index contributed by atoms with van der Waals surface area (Å²) in [7, 11) is 0. The highest BCUT2D eigenvalue weighted by atomic mass is 16.4. The van der Waals surface area contributed by atoms with Crippen LogP contribution in [0.25, 0.3) is 22.6 Å². The highest BCUT2D eigenvalue weighted by Gasteiger charge is 2.17. The average molecular weight is 270 g/mol. The predicted octanol–water partition coefficient (Wildman–Crippen LogP) is 3.00. The first-order valence-electron chi connectivity index (χ1n) is 6.29. The second kappa shape index (κ2) is 4.52. The predicted molar refractivity (Wildman–Crippen MR) is 74.5 cm³/mol. The van der Waals surface area contributed by atoms with E-state index in [-0.39, 0.29) is 6.54 Å². The SMILES string of the molecule is Cc1cc2nc(-c3ccco3)n(CC(=O)O)c2cc1C. The lowest BCUT2D eigenvalue weighted by molar-refractivity contribution is -0.137. The maximum Gasteiger partial charge on any atom is 0.323 e. The van der Waals surface area contributed by atoms with Gasteiger partial charge in [0.25, 0.3) is 0 Å². The third kappa shape index (κ3) is 1.97. The summed E-state index contributed by atoms with van der Waals surface area (Å²) in [6, 6.07) is 7.47. The molecule has 2 heterocycles. The van der Waals surface area contributed by atoms with Crippen LogP contribution in [0.2, 0.25) is 0 Å². The van der Waals surface area contributed by atoms with Crippen LogP contribution < -0.4 is 0 Å². The van der Waals surface area contributed by atoms with Crippen molar-refractivity contribution in [2.75, 3.05) is 0 Å². The summed E-state index contributed by atoms with van der Waals surface area (Å²) in [5.74, 6) is 0.200. The number of carboxylic acids is 1. The zero-order chi connectivity index (χ0) is 14.3. The minimum absolute atomic E-state index is 0.144. The molecular weight excluding hydrogens is 256 g/mol. The molecule has 5 nitrogen and oxygen atoms in total. The van der Waals surface area contributed by atoms with E-state index in [1.807, 2.05) is 26.0 Å². The van der Waals surface area contributed by atoms with Crippen molar-refractivity contribution in [2.24, 2.45) is 0 Å². The van der Waals surface area contributed by atoms with Gasteiger partial charge in [0.15, 0.2) is 11.6 Å². The molecule has 0 spiro atoms. The topological polar surface area (TPSA) is 68.3 Å². The van der Waals surface area contributed by atoms with Crippen molar-refractivity contribution in [2.45, 2.75) is 20.4 Å². The molecule has 3 rings (SSSR count). The van der Waals surface area contributed by atoms with Crippen LogP contribution in [0.4, 0.5) is 0 Å². The Kier molecular flexibility index (Phi) is 2.82. The molecule has 0 aliphatic carbocycles. The Morgan fingerprint density at radius 3 is 2.75 bits per heavy atom. The van der Waals surface area contributed by atoms with Crippen LogP contribution in [0.15, 0.2) is 34.9 Å². The standard InChI is InChI=1S/C15H14N2O3/c1-9-6-11-12(7-10(9)2)17(8-14(18)19)15(16-11)13-4-3-5-20-13/h3-7H,8H2,1-2H3,(H,18,19). The number of nitrogens with zero attached hydrogens (tertiary/aromatic N) is 2. The summed E-state index contributed by atoms with van der Waals surface area (Å²) in [4.78, 5) is 15.6. The van der Waals surface area contributed by atoms with Crippen molar-refractivity contribution in [3.8, 4) is 11.6 Å². The molecule has 0 amide bonds. The normalized spacial score (nSPS) is 11.1. The Bertz CT molecular complexity index is 785. The van der Waals surface area contributed by atoms with Crippen LogP contribution in [-0.4, -0.2) is 20.6 Å². The second-order valence-electron chi connectivity index (χ2n) is 4.82. The van der Waals surface area contributed by atoms with Crippen LogP contribution in [0.3, 0.4) is 0 Å². The molecule has 1 aromatic carbocycles. The molecule has 0 aliphatic rings. The Labute approximate surface area is 115 Å². The maximum absolute atomic E-state index is 11.1.